The van der Waals surface area contributed by atoms with Crippen LogP contribution >= 0.6 is 0 Å². The van der Waals surface area contributed by atoms with Gasteiger partial charge in [0, 0.05) is 5.92 Å². The molecule has 0 aromatic heterocycles. The number of hydrogen-bond acceptors (Lipinski definition) is 3. The number of hydrogen-bond donors (Lipinski definition) is 1. The van der Waals surface area contributed by atoms with Gasteiger partial charge in [0.1, 0.15) is 11.5 Å². The second-order valence-corrected chi connectivity index (χ2v) is 8.58. The van der Waals surface area contributed by atoms with Crippen molar-refractivity contribution in [3.63, 3.8) is 0 Å². The summed E-state index contributed by atoms with van der Waals surface area (Å²) in [6.07, 6.45) is 2.07. The second kappa shape index (κ2) is 8.46. The molecule has 3 aromatic rings. The summed E-state index contributed by atoms with van der Waals surface area (Å²) < 4.78 is 11.2. The van der Waals surface area contributed by atoms with E-state index < -0.39 is 11.6 Å². The average molecular weight is 417 g/mol. The van der Waals surface area contributed by atoms with Crippen molar-refractivity contribution in [1.29, 1.82) is 0 Å². The van der Waals surface area contributed by atoms with Crippen molar-refractivity contribution in [2.45, 2.75) is 44.1 Å². The number of carboxylic acids is 1. The normalized spacial score (nSPS) is 18.2. The van der Waals surface area contributed by atoms with Gasteiger partial charge in [-0.15, -0.1) is 0 Å². The Morgan fingerprint density at radius 2 is 1.61 bits per heavy atom. The Morgan fingerprint density at radius 3 is 2.26 bits per heavy atom. The Kier molecular flexibility index (Phi) is 5.73. The highest BCUT2D eigenvalue weighted by Gasteiger charge is 2.33. The van der Waals surface area contributed by atoms with Crippen molar-refractivity contribution in [1.82, 2.24) is 0 Å². The zero-order valence-corrected chi connectivity index (χ0v) is 18.2. The third-order valence-corrected chi connectivity index (χ3v) is 6.17. The predicted molar refractivity (Wildman–Crippen MR) is 121 cm³/mol. The van der Waals surface area contributed by atoms with Gasteiger partial charge in [-0.3, -0.25) is 0 Å². The van der Waals surface area contributed by atoms with Crippen LogP contribution < -0.4 is 9.47 Å². The molecule has 0 fully saturated rings. The minimum absolute atomic E-state index is 0.207. The molecule has 0 aliphatic heterocycles. The highest BCUT2D eigenvalue weighted by Crippen LogP contribution is 2.47. The summed E-state index contributed by atoms with van der Waals surface area (Å²) in [6, 6.07) is 24.9. The number of aliphatic carboxylic acids is 1. The molecule has 2 atom stereocenters. The molecule has 4 heteroatoms. The SMILES string of the molecule is COc1ccc2c(c1)CC[C@H](c1ccccc1)[C@@H]2c1ccc(OC(C)(C)C(=O)O)cc1. The van der Waals surface area contributed by atoms with Gasteiger partial charge in [-0.05, 0) is 79.1 Å². The molecule has 4 nitrogen and oxygen atoms in total. The lowest BCUT2D eigenvalue weighted by atomic mass is 9.69. The molecule has 1 aliphatic carbocycles. The highest BCUT2D eigenvalue weighted by atomic mass is 16.5. The molecule has 31 heavy (non-hydrogen) atoms. The van der Waals surface area contributed by atoms with Crippen LogP contribution in [0.25, 0.3) is 0 Å². The molecule has 0 heterocycles. The molecule has 0 bridgehead atoms. The third-order valence-electron chi connectivity index (χ3n) is 6.17. The standard InChI is InChI=1S/C27H28O4/c1-27(2,26(28)29)31-21-12-9-19(10-13-21)25-23(18-7-5-4-6-8-18)15-11-20-17-22(30-3)14-16-24(20)25/h4-10,12-14,16-17,23,25H,11,15H2,1-3H3,(H,28,29)/t23-,25+/m1/s1. The Labute approximate surface area is 183 Å². The Balaban J connectivity index is 1.73. The summed E-state index contributed by atoms with van der Waals surface area (Å²) in [4.78, 5) is 11.4. The van der Waals surface area contributed by atoms with Gasteiger partial charge in [-0.1, -0.05) is 48.5 Å². The molecule has 4 rings (SSSR count). The zero-order chi connectivity index (χ0) is 22.0. The molecular weight excluding hydrogens is 388 g/mol. The van der Waals surface area contributed by atoms with Crippen LogP contribution in [0.3, 0.4) is 0 Å². The van der Waals surface area contributed by atoms with E-state index in [1.807, 2.05) is 18.2 Å². The van der Waals surface area contributed by atoms with E-state index in [0.717, 1.165) is 18.6 Å². The molecule has 0 spiro atoms. The lowest BCUT2D eigenvalue weighted by Gasteiger charge is -2.35. The van der Waals surface area contributed by atoms with E-state index in [2.05, 4.69) is 54.6 Å². The van der Waals surface area contributed by atoms with Gasteiger partial charge in [0.15, 0.2) is 5.60 Å². The lowest BCUT2D eigenvalue weighted by Crippen LogP contribution is -2.37. The topological polar surface area (TPSA) is 55.8 Å². The van der Waals surface area contributed by atoms with E-state index in [0.29, 0.717) is 11.7 Å². The van der Waals surface area contributed by atoms with Crippen molar-refractivity contribution >= 4 is 5.97 Å². The van der Waals surface area contributed by atoms with E-state index in [1.165, 1.54) is 22.3 Å². The molecule has 0 saturated carbocycles. The summed E-state index contributed by atoms with van der Waals surface area (Å²) in [5, 5.41) is 9.34. The van der Waals surface area contributed by atoms with Gasteiger partial charge in [-0.2, -0.15) is 0 Å². The van der Waals surface area contributed by atoms with Gasteiger partial charge >= 0.3 is 5.97 Å². The molecule has 1 N–H and O–H groups in total. The van der Waals surface area contributed by atoms with Crippen molar-refractivity contribution < 1.29 is 19.4 Å². The fourth-order valence-electron chi connectivity index (χ4n) is 4.48. The van der Waals surface area contributed by atoms with E-state index in [-0.39, 0.29) is 5.92 Å². The zero-order valence-electron chi connectivity index (χ0n) is 18.2. The quantitative estimate of drug-likeness (QED) is 0.552. The molecular formula is C27H28O4. The first-order chi connectivity index (χ1) is 14.9. The first kappa shape index (κ1) is 21.0. The number of carboxylic acid groups (broad SMARTS) is 1. The van der Waals surface area contributed by atoms with Crippen LogP contribution in [-0.2, 0) is 11.2 Å². The van der Waals surface area contributed by atoms with Gasteiger partial charge in [0.05, 0.1) is 7.11 Å². The summed E-state index contributed by atoms with van der Waals surface area (Å²) in [5.74, 6) is 1.02. The Hall–Kier alpha value is -3.27. The van der Waals surface area contributed by atoms with Crippen LogP contribution in [0.1, 0.15) is 54.4 Å². The number of methoxy groups -OCH3 is 1. The van der Waals surface area contributed by atoms with Gasteiger partial charge in [-0.25, -0.2) is 4.79 Å². The molecule has 160 valence electrons. The molecule has 0 saturated heterocycles. The summed E-state index contributed by atoms with van der Waals surface area (Å²) >= 11 is 0. The number of fused-ring (bicyclic) bond motifs is 1. The largest absolute Gasteiger partial charge is 0.497 e. The molecule has 0 amide bonds. The second-order valence-electron chi connectivity index (χ2n) is 8.58. The minimum atomic E-state index is -1.28. The van der Waals surface area contributed by atoms with Crippen LogP contribution in [-0.4, -0.2) is 23.8 Å². The first-order valence-electron chi connectivity index (χ1n) is 10.6. The summed E-state index contributed by atoms with van der Waals surface area (Å²) in [5.41, 5.74) is 3.90. The van der Waals surface area contributed by atoms with Crippen LogP contribution in [0.4, 0.5) is 0 Å². The van der Waals surface area contributed by atoms with Crippen molar-refractivity contribution in [2.24, 2.45) is 0 Å². The number of aryl methyl sites for hydroxylation is 1. The number of carbonyl (C=O) groups is 1. The van der Waals surface area contributed by atoms with E-state index in [9.17, 15) is 9.90 Å². The van der Waals surface area contributed by atoms with E-state index >= 15 is 0 Å². The van der Waals surface area contributed by atoms with Gasteiger partial charge in [0.25, 0.3) is 0 Å². The van der Waals surface area contributed by atoms with Gasteiger partial charge in [0.2, 0.25) is 0 Å². The van der Waals surface area contributed by atoms with E-state index in [4.69, 9.17) is 9.47 Å². The maximum Gasteiger partial charge on any atom is 0.347 e. The van der Waals surface area contributed by atoms with Crippen molar-refractivity contribution in [3.8, 4) is 11.5 Å². The van der Waals surface area contributed by atoms with Crippen molar-refractivity contribution in [2.75, 3.05) is 7.11 Å². The monoisotopic (exact) mass is 416 g/mol. The fraction of sp³-hybridized carbons (Fsp3) is 0.296. The fourth-order valence-corrected chi connectivity index (χ4v) is 4.48. The molecule has 0 radical (unpaired) electrons. The maximum atomic E-state index is 11.4. The summed E-state index contributed by atoms with van der Waals surface area (Å²) in [7, 11) is 1.70. The Bertz CT molecular complexity index is 1050. The Morgan fingerprint density at radius 1 is 0.935 bits per heavy atom. The highest BCUT2D eigenvalue weighted by molar-refractivity contribution is 5.76. The first-order valence-corrected chi connectivity index (χ1v) is 10.6. The number of ether oxygens (including phenoxy) is 2. The predicted octanol–water partition coefficient (Wildman–Crippen LogP) is 5.80. The average Bonchev–Trinajstić information content (AvgIpc) is 2.78. The van der Waals surface area contributed by atoms with E-state index in [1.54, 1.807) is 21.0 Å². The molecule has 1 aliphatic rings. The van der Waals surface area contributed by atoms with Crippen LogP contribution in [0, 0.1) is 0 Å². The van der Waals surface area contributed by atoms with Gasteiger partial charge < -0.3 is 14.6 Å². The third kappa shape index (κ3) is 4.29. The molecule has 3 aromatic carbocycles. The van der Waals surface area contributed by atoms with Crippen LogP contribution in [0.15, 0.2) is 72.8 Å². The maximum absolute atomic E-state index is 11.4. The number of rotatable bonds is 6. The molecule has 0 unspecified atom stereocenters. The number of benzene rings is 3. The van der Waals surface area contributed by atoms with Crippen LogP contribution in [0.2, 0.25) is 0 Å². The lowest BCUT2D eigenvalue weighted by molar-refractivity contribution is -0.152. The minimum Gasteiger partial charge on any atom is -0.497 e. The summed E-state index contributed by atoms with van der Waals surface area (Å²) in [6.45, 7) is 3.11. The van der Waals surface area contributed by atoms with Crippen LogP contribution in [0.5, 0.6) is 11.5 Å². The van der Waals surface area contributed by atoms with Crippen molar-refractivity contribution in [3.05, 3.63) is 95.1 Å². The smallest absolute Gasteiger partial charge is 0.347 e.